The number of benzene rings is 2. The molecule has 2 amide bonds. The first-order valence-electron chi connectivity index (χ1n) is 7.75. The number of carbonyl (C=O) groups is 1. The summed E-state index contributed by atoms with van der Waals surface area (Å²) in [5.74, 6) is 0. The van der Waals surface area contributed by atoms with Crippen LogP contribution in [0.3, 0.4) is 0 Å². The van der Waals surface area contributed by atoms with Gasteiger partial charge in [0.15, 0.2) is 0 Å². The molecule has 0 saturated heterocycles. The zero-order valence-electron chi connectivity index (χ0n) is 13.6. The number of para-hydroxylation sites is 1. The molecule has 1 aromatic heterocycles. The zero-order chi connectivity index (χ0) is 17.6. The van der Waals surface area contributed by atoms with E-state index >= 15 is 0 Å². The Morgan fingerprint density at radius 2 is 1.88 bits per heavy atom. The standard InChI is InChI=1S/C19H16N4OS/c1-13(18-22-17(12-25-18)14-7-3-2-4-8-14)21-19(24)23-16-10-6-5-9-15(16)11-20/h2-10,12-13H,1H3,(H2,21,23,24). The van der Waals surface area contributed by atoms with Gasteiger partial charge in [-0.05, 0) is 19.1 Å². The van der Waals surface area contributed by atoms with E-state index in [9.17, 15) is 4.79 Å². The molecule has 5 nitrogen and oxygen atoms in total. The van der Waals surface area contributed by atoms with Crippen LogP contribution in [0.5, 0.6) is 0 Å². The molecule has 0 aliphatic rings. The molecule has 1 heterocycles. The Labute approximate surface area is 150 Å². The van der Waals surface area contributed by atoms with Crippen molar-refractivity contribution in [1.82, 2.24) is 10.3 Å². The predicted molar refractivity (Wildman–Crippen MR) is 99.3 cm³/mol. The van der Waals surface area contributed by atoms with Gasteiger partial charge in [-0.1, -0.05) is 42.5 Å². The highest BCUT2D eigenvalue weighted by molar-refractivity contribution is 7.10. The van der Waals surface area contributed by atoms with Crippen molar-refractivity contribution in [3.63, 3.8) is 0 Å². The largest absolute Gasteiger partial charge is 0.329 e. The van der Waals surface area contributed by atoms with E-state index in [4.69, 9.17) is 5.26 Å². The van der Waals surface area contributed by atoms with Crippen LogP contribution in [-0.2, 0) is 0 Å². The molecule has 0 radical (unpaired) electrons. The highest BCUT2D eigenvalue weighted by atomic mass is 32.1. The van der Waals surface area contributed by atoms with Crippen molar-refractivity contribution in [3.05, 3.63) is 70.5 Å². The number of amides is 2. The minimum absolute atomic E-state index is 0.239. The fraction of sp³-hybridized carbons (Fsp3) is 0.105. The van der Waals surface area contributed by atoms with E-state index < -0.39 is 0 Å². The van der Waals surface area contributed by atoms with Crippen molar-refractivity contribution in [1.29, 1.82) is 5.26 Å². The molecule has 124 valence electrons. The highest BCUT2D eigenvalue weighted by Gasteiger charge is 2.15. The van der Waals surface area contributed by atoms with Gasteiger partial charge in [-0.3, -0.25) is 0 Å². The van der Waals surface area contributed by atoms with E-state index in [1.54, 1.807) is 24.3 Å². The third kappa shape index (κ3) is 4.03. The molecule has 2 aromatic carbocycles. The lowest BCUT2D eigenvalue weighted by atomic mass is 10.2. The summed E-state index contributed by atoms with van der Waals surface area (Å²) in [4.78, 5) is 16.8. The van der Waals surface area contributed by atoms with Gasteiger partial charge in [-0.25, -0.2) is 9.78 Å². The van der Waals surface area contributed by atoms with Crippen LogP contribution in [0.1, 0.15) is 23.5 Å². The average molecular weight is 348 g/mol. The number of carbonyl (C=O) groups excluding carboxylic acids is 1. The van der Waals surface area contributed by atoms with Gasteiger partial charge < -0.3 is 10.6 Å². The van der Waals surface area contributed by atoms with E-state index in [2.05, 4.69) is 21.7 Å². The molecular formula is C19H16N4OS. The number of urea groups is 1. The van der Waals surface area contributed by atoms with Crippen LogP contribution in [0.15, 0.2) is 60.0 Å². The summed E-state index contributed by atoms with van der Waals surface area (Å²) in [7, 11) is 0. The van der Waals surface area contributed by atoms with Crippen LogP contribution >= 0.6 is 11.3 Å². The van der Waals surface area contributed by atoms with Crippen molar-refractivity contribution in [2.75, 3.05) is 5.32 Å². The maximum absolute atomic E-state index is 12.2. The number of anilines is 1. The topological polar surface area (TPSA) is 77.8 Å². The van der Waals surface area contributed by atoms with Crippen LogP contribution in [-0.4, -0.2) is 11.0 Å². The highest BCUT2D eigenvalue weighted by Crippen LogP contribution is 2.25. The predicted octanol–water partition coefficient (Wildman–Crippen LogP) is 4.56. The lowest BCUT2D eigenvalue weighted by Crippen LogP contribution is -2.31. The Kier molecular flexibility index (Phi) is 5.07. The maximum Gasteiger partial charge on any atom is 0.319 e. The van der Waals surface area contributed by atoms with E-state index in [1.807, 2.05) is 42.6 Å². The quantitative estimate of drug-likeness (QED) is 0.725. The molecule has 6 heteroatoms. The number of hydrogen-bond donors (Lipinski definition) is 2. The van der Waals surface area contributed by atoms with Crippen LogP contribution in [0, 0.1) is 11.3 Å². The lowest BCUT2D eigenvalue weighted by molar-refractivity contribution is 0.249. The molecule has 0 aliphatic carbocycles. The van der Waals surface area contributed by atoms with Crippen molar-refractivity contribution < 1.29 is 4.79 Å². The molecule has 0 bridgehead atoms. The zero-order valence-corrected chi connectivity index (χ0v) is 14.4. The van der Waals surface area contributed by atoms with Gasteiger partial charge in [0.25, 0.3) is 0 Å². The number of aromatic nitrogens is 1. The number of hydrogen-bond acceptors (Lipinski definition) is 4. The third-order valence-electron chi connectivity index (χ3n) is 3.61. The molecular weight excluding hydrogens is 332 g/mol. The lowest BCUT2D eigenvalue weighted by Gasteiger charge is -2.13. The fourth-order valence-electron chi connectivity index (χ4n) is 2.33. The SMILES string of the molecule is CC(NC(=O)Nc1ccccc1C#N)c1nc(-c2ccccc2)cs1. The molecule has 0 fully saturated rings. The minimum atomic E-state index is -0.369. The monoisotopic (exact) mass is 348 g/mol. The average Bonchev–Trinajstić information content (AvgIpc) is 3.13. The van der Waals surface area contributed by atoms with Gasteiger partial charge in [-0.15, -0.1) is 11.3 Å². The molecule has 1 unspecified atom stereocenters. The maximum atomic E-state index is 12.2. The molecule has 3 rings (SSSR count). The molecule has 0 aliphatic heterocycles. The summed E-state index contributed by atoms with van der Waals surface area (Å²) in [6, 6.07) is 18.2. The van der Waals surface area contributed by atoms with Gasteiger partial charge in [0.05, 0.1) is 23.0 Å². The van der Waals surface area contributed by atoms with Gasteiger partial charge in [0.1, 0.15) is 11.1 Å². The van der Waals surface area contributed by atoms with Gasteiger partial charge >= 0.3 is 6.03 Å². The molecule has 2 N–H and O–H groups in total. The minimum Gasteiger partial charge on any atom is -0.329 e. The summed E-state index contributed by atoms with van der Waals surface area (Å²) in [6.07, 6.45) is 0. The molecule has 1 atom stereocenters. The molecule has 25 heavy (non-hydrogen) atoms. The van der Waals surface area contributed by atoms with Crippen molar-refractivity contribution in [2.24, 2.45) is 0 Å². The summed E-state index contributed by atoms with van der Waals surface area (Å²) < 4.78 is 0. The number of thiazole rings is 1. The Balaban J connectivity index is 1.66. The van der Waals surface area contributed by atoms with E-state index in [1.165, 1.54) is 11.3 Å². The Morgan fingerprint density at radius 1 is 1.16 bits per heavy atom. The fourth-order valence-corrected chi connectivity index (χ4v) is 3.17. The molecule has 0 saturated carbocycles. The third-order valence-corrected chi connectivity index (χ3v) is 4.63. The summed E-state index contributed by atoms with van der Waals surface area (Å²) in [6.45, 7) is 1.88. The van der Waals surface area contributed by atoms with Crippen molar-refractivity contribution in [3.8, 4) is 17.3 Å². The smallest absolute Gasteiger partial charge is 0.319 e. The van der Waals surface area contributed by atoms with Crippen LogP contribution in [0.4, 0.5) is 10.5 Å². The summed E-state index contributed by atoms with van der Waals surface area (Å²) in [5, 5.41) is 17.4. The summed E-state index contributed by atoms with van der Waals surface area (Å²) in [5.41, 5.74) is 2.85. The van der Waals surface area contributed by atoms with Gasteiger partial charge in [-0.2, -0.15) is 5.26 Å². The molecule has 0 spiro atoms. The summed E-state index contributed by atoms with van der Waals surface area (Å²) >= 11 is 1.50. The van der Waals surface area contributed by atoms with Gasteiger partial charge in [0, 0.05) is 10.9 Å². The number of nitrogens with one attached hydrogen (secondary N) is 2. The number of nitriles is 1. The second-order valence-electron chi connectivity index (χ2n) is 5.41. The Bertz CT molecular complexity index is 914. The first-order chi connectivity index (χ1) is 12.2. The number of rotatable bonds is 4. The van der Waals surface area contributed by atoms with E-state index in [-0.39, 0.29) is 12.1 Å². The van der Waals surface area contributed by atoms with E-state index in [0.717, 1.165) is 16.3 Å². The van der Waals surface area contributed by atoms with Crippen LogP contribution in [0.25, 0.3) is 11.3 Å². The van der Waals surface area contributed by atoms with Crippen LogP contribution < -0.4 is 10.6 Å². The Hall–Kier alpha value is -3.17. The van der Waals surface area contributed by atoms with Crippen molar-refractivity contribution in [2.45, 2.75) is 13.0 Å². The van der Waals surface area contributed by atoms with Crippen molar-refractivity contribution >= 4 is 23.1 Å². The van der Waals surface area contributed by atoms with E-state index in [0.29, 0.717) is 11.3 Å². The Morgan fingerprint density at radius 3 is 2.64 bits per heavy atom. The first kappa shape index (κ1) is 16.7. The first-order valence-corrected chi connectivity index (χ1v) is 8.63. The second-order valence-corrected chi connectivity index (χ2v) is 6.30. The molecule has 3 aromatic rings. The van der Waals surface area contributed by atoms with Gasteiger partial charge in [0.2, 0.25) is 0 Å². The normalized spacial score (nSPS) is 11.4. The van der Waals surface area contributed by atoms with Crippen LogP contribution in [0.2, 0.25) is 0 Å². The second kappa shape index (κ2) is 7.60. The number of nitrogens with zero attached hydrogens (tertiary/aromatic N) is 2.